The number of hydrogen-bond acceptors (Lipinski definition) is 5. The summed E-state index contributed by atoms with van der Waals surface area (Å²) >= 11 is 1.55. The molecule has 0 atom stereocenters. The molecule has 0 aliphatic carbocycles. The van der Waals surface area contributed by atoms with E-state index in [1.165, 1.54) is 19.2 Å². The van der Waals surface area contributed by atoms with E-state index in [0.29, 0.717) is 0 Å². The minimum absolute atomic E-state index is 0.119. The van der Waals surface area contributed by atoms with E-state index in [4.69, 9.17) is 4.74 Å². The molecule has 0 amide bonds. The summed E-state index contributed by atoms with van der Waals surface area (Å²) in [5.74, 6) is 0.129. The molecule has 0 saturated carbocycles. The number of anilines is 1. The van der Waals surface area contributed by atoms with Gasteiger partial charge in [0, 0.05) is 10.6 Å². The summed E-state index contributed by atoms with van der Waals surface area (Å²) in [6, 6.07) is 22.9. The van der Waals surface area contributed by atoms with Gasteiger partial charge in [-0.2, -0.15) is 0 Å². The number of ether oxygens (including phenoxy) is 1. The summed E-state index contributed by atoms with van der Waals surface area (Å²) in [6.07, 6.45) is 0. The molecule has 5 nitrogen and oxygen atoms in total. The van der Waals surface area contributed by atoms with E-state index < -0.39 is 16.0 Å². The maximum atomic E-state index is 12.6. The monoisotopic (exact) mass is 413 g/mol. The average molecular weight is 414 g/mol. The molecule has 3 aromatic rings. The summed E-state index contributed by atoms with van der Waals surface area (Å²) in [7, 11) is -2.54. The molecular weight excluding hydrogens is 394 g/mol. The van der Waals surface area contributed by atoms with Crippen LogP contribution in [0.25, 0.3) is 0 Å². The van der Waals surface area contributed by atoms with E-state index in [9.17, 15) is 13.2 Å². The second-order valence-electron chi connectivity index (χ2n) is 5.89. The normalized spacial score (nSPS) is 11.0. The van der Waals surface area contributed by atoms with Crippen molar-refractivity contribution in [2.75, 3.05) is 11.8 Å². The predicted molar refractivity (Wildman–Crippen MR) is 111 cm³/mol. The third kappa shape index (κ3) is 4.94. The van der Waals surface area contributed by atoms with Crippen LogP contribution in [-0.2, 0) is 20.5 Å². The Morgan fingerprint density at radius 3 is 2.25 bits per heavy atom. The van der Waals surface area contributed by atoms with Crippen molar-refractivity contribution in [3.05, 3.63) is 90.0 Å². The van der Waals surface area contributed by atoms with Gasteiger partial charge in [-0.15, -0.1) is 11.8 Å². The van der Waals surface area contributed by atoms with Crippen LogP contribution >= 0.6 is 11.8 Å². The molecule has 0 aromatic heterocycles. The van der Waals surface area contributed by atoms with Crippen LogP contribution in [0.3, 0.4) is 0 Å². The van der Waals surface area contributed by atoms with E-state index in [2.05, 4.69) is 4.72 Å². The van der Waals surface area contributed by atoms with Gasteiger partial charge < -0.3 is 4.74 Å². The van der Waals surface area contributed by atoms with Crippen molar-refractivity contribution in [1.29, 1.82) is 0 Å². The highest BCUT2D eigenvalue weighted by Crippen LogP contribution is 2.29. The first-order chi connectivity index (χ1) is 13.5. The first-order valence-electron chi connectivity index (χ1n) is 8.46. The van der Waals surface area contributed by atoms with Gasteiger partial charge in [-0.3, -0.25) is 4.72 Å². The van der Waals surface area contributed by atoms with Gasteiger partial charge in [-0.05, 0) is 35.9 Å². The standard InChI is InChI=1S/C21H19NO4S2/c1-26-21(23)19-14-17(27-15-16-8-4-2-5-9-16)12-13-20(19)22-28(24,25)18-10-6-3-7-11-18/h2-14,22H,15H2,1H3. The van der Waals surface area contributed by atoms with Crippen molar-refractivity contribution >= 4 is 33.4 Å². The van der Waals surface area contributed by atoms with Crippen LogP contribution in [0.1, 0.15) is 15.9 Å². The number of carbonyl (C=O) groups excluding carboxylic acids is 1. The van der Waals surface area contributed by atoms with E-state index in [1.807, 2.05) is 30.3 Å². The number of thioether (sulfide) groups is 1. The van der Waals surface area contributed by atoms with Gasteiger partial charge in [-0.1, -0.05) is 48.5 Å². The highest BCUT2D eigenvalue weighted by Gasteiger charge is 2.19. The molecule has 0 heterocycles. The smallest absolute Gasteiger partial charge is 0.340 e. The van der Waals surface area contributed by atoms with E-state index in [1.54, 1.807) is 48.2 Å². The Morgan fingerprint density at radius 1 is 0.964 bits per heavy atom. The van der Waals surface area contributed by atoms with Crippen LogP contribution in [0, 0.1) is 0 Å². The predicted octanol–water partition coefficient (Wildman–Crippen LogP) is 4.57. The molecule has 0 saturated heterocycles. The van der Waals surface area contributed by atoms with Gasteiger partial charge in [0.1, 0.15) is 0 Å². The second-order valence-corrected chi connectivity index (χ2v) is 8.62. The third-order valence-electron chi connectivity index (χ3n) is 3.94. The highest BCUT2D eigenvalue weighted by molar-refractivity contribution is 7.98. The fraction of sp³-hybridized carbons (Fsp3) is 0.0952. The Balaban J connectivity index is 1.86. The number of rotatable bonds is 7. The second kappa shape index (κ2) is 8.95. The first kappa shape index (κ1) is 20.0. The summed E-state index contributed by atoms with van der Waals surface area (Å²) in [5, 5.41) is 0. The Morgan fingerprint density at radius 2 is 1.61 bits per heavy atom. The SMILES string of the molecule is COC(=O)c1cc(SCc2ccccc2)ccc1NS(=O)(=O)c1ccccc1. The van der Waals surface area contributed by atoms with E-state index >= 15 is 0 Å². The topological polar surface area (TPSA) is 72.5 Å². The highest BCUT2D eigenvalue weighted by atomic mass is 32.2. The largest absolute Gasteiger partial charge is 0.465 e. The van der Waals surface area contributed by atoms with Crippen LogP contribution in [0.4, 0.5) is 5.69 Å². The molecule has 0 spiro atoms. The average Bonchev–Trinajstić information content (AvgIpc) is 2.73. The number of esters is 1. The molecule has 0 unspecified atom stereocenters. The summed E-state index contributed by atoms with van der Waals surface area (Å²) in [4.78, 5) is 13.2. The lowest BCUT2D eigenvalue weighted by Crippen LogP contribution is -2.16. The Kier molecular flexibility index (Phi) is 6.38. The molecule has 0 bridgehead atoms. The van der Waals surface area contributed by atoms with Crippen LogP contribution in [0.15, 0.2) is 88.7 Å². The van der Waals surface area contributed by atoms with Gasteiger partial charge >= 0.3 is 5.97 Å². The number of sulfonamides is 1. The van der Waals surface area contributed by atoms with Gasteiger partial charge in [0.15, 0.2) is 0 Å². The van der Waals surface area contributed by atoms with Gasteiger partial charge in [0.25, 0.3) is 10.0 Å². The van der Waals surface area contributed by atoms with Crippen molar-refractivity contribution in [3.63, 3.8) is 0 Å². The van der Waals surface area contributed by atoms with E-state index in [-0.39, 0.29) is 16.1 Å². The van der Waals surface area contributed by atoms with Gasteiger partial charge in [0.2, 0.25) is 0 Å². The molecule has 1 N–H and O–H groups in total. The van der Waals surface area contributed by atoms with Gasteiger partial charge in [-0.25, -0.2) is 13.2 Å². The van der Waals surface area contributed by atoms with E-state index in [0.717, 1.165) is 16.2 Å². The van der Waals surface area contributed by atoms with Crippen molar-refractivity contribution in [3.8, 4) is 0 Å². The minimum Gasteiger partial charge on any atom is -0.465 e. The maximum Gasteiger partial charge on any atom is 0.340 e. The summed E-state index contributed by atoms with van der Waals surface area (Å²) < 4.78 is 32.5. The molecule has 0 aliphatic rings. The molecule has 3 aromatic carbocycles. The zero-order valence-electron chi connectivity index (χ0n) is 15.2. The molecule has 3 rings (SSSR count). The number of methoxy groups -OCH3 is 1. The number of benzene rings is 3. The van der Waals surface area contributed by atoms with Crippen LogP contribution < -0.4 is 4.72 Å². The molecule has 0 aliphatic heterocycles. The zero-order valence-corrected chi connectivity index (χ0v) is 16.8. The zero-order chi connectivity index (χ0) is 20.0. The van der Waals surface area contributed by atoms with Crippen LogP contribution in [-0.4, -0.2) is 21.5 Å². The fourth-order valence-electron chi connectivity index (χ4n) is 2.53. The molecule has 0 radical (unpaired) electrons. The van der Waals surface area contributed by atoms with Gasteiger partial charge in [0.05, 0.1) is 23.3 Å². The third-order valence-corrected chi connectivity index (χ3v) is 6.39. The lowest BCUT2D eigenvalue weighted by atomic mass is 10.2. The lowest BCUT2D eigenvalue weighted by molar-refractivity contribution is 0.0601. The van der Waals surface area contributed by atoms with Crippen molar-refractivity contribution in [1.82, 2.24) is 0 Å². The molecule has 28 heavy (non-hydrogen) atoms. The molecule has 144 valence electrons. The Bertz CT molecular complexity index is 1050. The number of hydrogen-bond donors (Lipinski definition) is 1. The Labute approximate surface area is 168 Å². The first-order valence-corrected chi connectivity index (χ1v) is 10.9. The quantitative estimate of drug-likeness (QED) is 0.454. The lowest BCUT2D eigenvalue weighted by Gasteiger charge is -2.13. The van der Waals surface area contributed by atoms with Crippen molar-refractivity contribution in [2.24, 2.45) is 0 Å². The number of carbonyl (C=O) groups is 1. The molecule has 0 fully saturated rings. The number of nitrogens with one attached hydrogen (secondary N) is 1. The summed E-state index contributed by atoms with van der Waals surface area (Å²) in [6.45, 7) is 0. The summed E-state index contributed by atoms with van der Waals surface area (Å²) in [5.41, 5.74) is 1.50. The minimum atomic E-state index is -3.81. The maximum absolute atomic E-state index is 12.6. The molecular formula is C21H19NO4S2. The van der Waals surface area contributed by atoms with Crippen LogP contribution in [0.5, 0.6) is 0 Å². The van der Waals surface area contributed by atoms with Crippen LogP contribution in [0.2, 0.25) is 0 Å². The van der Waals surface area contributed by atoms with Crippen molar-refractivity contribution < 1.29 is 17.9 Å². The fourth-order valence-corrected chi connectivity index (χ4v) is 4.52. The van der Waals surface area contributed by atoms with Crippen molar-refractivity contribution in [2.45, 2.75) is 15.5 Å². The Hall–Kier alpha value is -2.77. The molecule has 7 heteroatoms.